The molecule has 0 unspecified atom stereocenters. The van der Waals surface area contributed by atoms with E-state index in [-0.39, 0.29) is 0 Å². The Balaban J connectivity index is 2.06. The van der Waals surface area contributed by atoms with Crippen LogP contribution in [0, 0.1) is 0 Å². The normalized spacial score (nSPS) is 20.8. The van der Waals surface area contributed by atoms with Crippen LogP contribution in [0.3, 0.4) is 0 Å². The summed E-state index contributed by atoms with van der Waals surface area (Å²) in [5.74, 6) is 0. The Labute approximate surface area is 112 Å². The Kier molecular flexibility index (Phi) is 8.16. The fourth-order valence-corrected chi connectivity index (χ4v) is 3.24. The third kappa shape index (κ3) is 7.52. The quantitative estimate of drug-likeness (QED) is 0.518. The molecule has 0 aromatic rings. The lowest BCUT2D eigenvalue weighted by atomic mass is 10.1. The van der Waals surface area contributed by atoms with Crippen molar-refractivity contribution in [3.8, 4) is 0 Å². The SMILES string of the molecule is CCCCCO[P@@](C)(=O)OCC[NH+]1CCCCC1. The lowest BCUT2D eigenvalue weighted by Crippen LogP contribution is -3.13. The molecule has 1 fully saturated rings. The molecule has 0 bridgehead atoms. The molecule has 1 N–H and O–H groups in total. The summed E-state index contributed by atoms with van der Waals surface area (Å²) in [6.45, 7) is 8.25. The molecule has 0 saturated carbocycles. The van der Waals surface area contributed by atoms with Gasteiger partial charge < -0.3 is 13.9 Å². The second-order valence-electron chi connectivity index (χ2n) is 5.21. The smallest absolute Gasteiger partial charge is 0.327 e. The van der Waals surface area contributed by atoms with Crippen LogP contribution in [-0.4, -0.2) is 39.5 Å². The molecule has 0 aromatic heterocycles. The van der Waals surface area contributed by atoms with Gasteiger partial charge in [-0.15, -0.1) is 0 Å². The summed E-state index contributed by atoms with van der Waals surface area (Å²) in [4.78, 5) is 1.58. The van der Waals surface area contributed by atoms with Crippen LogP contribution in [0.5, 0.6) is 0 Å². The second-order valence-corrected chi connectivity index (χ2v) is 7.26. The van der Waals surface area contributed by atoms with Crippen LogP contribution in [-0.2, 0) is 13.6 Å². The van der Waals surface area contributed by atoms with E-state index in [1.807, 2.05) is 0 Å². The molecule has 0 spiro atoms. The lowest BCUT2D eigenvalue weighted by molar-refractivity contribution is -0.904. The van der Waals surface area contributed by atoms with Crippen molar-refractivity contribution in [3.63, 3.8) is 0 Å². The highest BCUT2D eigenvalue weighted by Crippen LogP contribution is 2.43. The molecule has 0 radical (unpaired) electrons. The first-order valence-electron chi connectivity index (χ1n) is 7.34. The Morgan fingerprint density at radius 1 is 1.06 bits per heavy atom. The Morgan fingerprint density at radius 2 is 1.72 bits per heavy atom. The van der Waals surface area contributed by atoms with Crippen LogP contribution in [0.4, 0.5) is 0 Å². The molecule has 1 aliphatic rings. The summed E-state index contributed by atoms with van der Waals surface area (Å²) < 4.78 is 22.7. The molecule has 1 atom stereocenters. The molecule has 5 heteroatoms. The average molecular weight is 278 g/mol. The summed E-state index contributed by atoms with van der Waals surface area (Å²) in [7, 11) is -2.81. The minimum Gasteiger partial charge on any atom is -0.333 e. The largest absolute Gasteiger partial charge is 0.333 e. The van der Waals surface area contributed by atoms with E-state index in [4.69, 9.17) is 9.05 Å². The zero-order chi connectivity index (χ0) is 13.3. The van der Waals surface area contributed by atoms with E-state index in [1.54, 1.807) is 11.6 Å². The summed E-state index contributed by atoms with van der Waals surface area (Å²) in [5.41, 5.74) is 0. The minimum atomic E-state index is -2.81. The molecule has 1 heterocycles. The summed E-state index contributed by atoms with van der Waals surface area (Å²) >= 11 is 0. The first-order chi connectivity index (χ1) is 8.64. The molecule has 0 aliphatic carbocycles. The van der Waals surface area contributed by atoms with Crippen LogP contribution in [0.15, 0.2) is 0 Å². The van der Waals surface area contributed by atoms with Gasteiger partial charge in [0.05, 0.1) is 19.7 Å². The molecule has 1 saturated heterocycles. The monoisotopic (exact) mass is 278 g/mol. The average Bonchev–Trinajstić information content (AvgIpc) is 2.36. The van der Waals surface area contributed by atoms with Gasteiger partial charge in [-0.05, 0) is 25.7 Å². The van der Waals surface area contributed by atoms with Crippen molar-refractivity contribution >= 4 is 7.60 Å². The fraction of sp³-hybridized carbons (Fsp3) is 1.00. The Hall–Kier alpha value is 0.110. The summed E-state index contributed by atoms with van der Waals surface area (Å²) in [5, 5.41) is 0. The minimum absolute atomic E-state index is 0.552. The van der Waals surface area contributed by atoms with Crippen molar-refractivity contribution in [2.45, 2.75) is 45.4 Å². The third-order valence-electron chi connectivity index (χ3n) is 3.42. The number of likely N-dealkylation sites (tertiary alicyclic amines) is 1. The number of quaternary nitrogens is 1. The molecule has 0 aromatic carbocycles. The van der Waals surface area contributed by atoms with Gasteiger partial charge in [0.2, 0.25) is 0 Å². The summed E-state index contributed by atoms with van der Waals surface area (Å²) in [6.07, 6.45) is 7.22. The van der Waals surface area contributed by atoms with Crippen molar-refractivity contribution in [2.75, 3.05) is 39.5 Å². The van der Waals surface area contributed by atoms with Crippen molar-refractivity contribution in [1.29, 1.82) is 0 Å². The van der Waals surface area contributed by atoms with Crippen LogP contribution in [0.2, 0.25) is 0 Å². The third-order valence-corrected chi connectivity index (χ3v) is 4.72. The molecule has 18 heavy (non-hydrogen) atoms. The van der Waals surface area contributed by atoms with E-state index < -0.39 is 7.60 Å². The van der Waals surface area contributed by atoms with Crippen molar-refractivity contribution in [2.24, 2.45) is 0 Å². The first kappa shape index (κ1) is 16.2. The Morgan fingerprint density at radius 3 is 2.39 bits per heavy atom. The van der Waals surface area contributed by atoms with Crippen LogP contribution >= 0.6 is 7.60 Å². The molecule has 1 aliphatic heterocycles. The maximum atomic E-state index is 12.0. The maximum absolute atomic E-state index is 12.0. The van der Waals surface area contributed by atoms with Crippen molar-refractivity contribution in [1.82, 2.24) is 0 Å². The van der Waals surface area contributed by atoms with E-state index in [1.165, 1.54) is 32.4 Å². The van der Waals surface area contributed by atoms with E-state index in [2.05, 4.69) is 6.92 Å². The van der Waals surface area contributed by atoms with Gasteiger partial charge in [-0.25, -0.2) is 0 Å². The predicted octanol–water partition coefficient (Wildman–Crippen LogP) is 2.10. The second kappa shape index (κ2) is 9.08. The van der Waals surface area contributed by atoms with Gasteiger partial charge in [0.25, 0.3) is 0 Å². The zero-order valence-electron chi connectivity index (χ0n) is 12.0. The van der Waals surface area contributed by atoms with Gasteiger partial charge in [-0.3, -0.25) is 4.57 Å². The topological polar surface area (TPSA) is 40.0 Å². The van der Waals surface area contributed by atoms with Crippen molar-refractivity contribution in [3.05, 3.63) is 0 Å². The lowest BCUT2D eigenvalue weighted by Gasteiger charge is -2.24. The number of rotatable bonds is 9. The van der Waals surface area contributed by atoms with E-state index in [9.17, 15) is 4.57 Å². The van der Waals surface area contributed by atoms with Gasteiger partial charge in [0, 0.05) is 6.66 Å². The van der Waals surface area contributed by atoms with E-state index >= 15 is 0 Å². The van der Waals surface area contributed by atoms with Gasteiger partial charge in [-0.2, -0.15) is 0 Å². The summed E-state index contributed by atoms with van der Waals surface area (Å²) in [6, 6.07) is 0. The van der Waals surface area contributed by atoms with Gasteiger partial charge >= 0.3 is 7.60 Å². The van der Waals surface area contributed by atoms with E-state index in [0.29, 0.717) is 13.2 Å². The van der Waals surface area contributed by atoms with Crippen LogP contribution in [0.25, 0.3) is 0 Å². The number of hydrogen-bond donors (Lipinski definition) is 1. The highest BCUT2D eigenvalue weighted by Gasteiger charge is 2.19. The highest BCUT2D eigenvalue weighted by molar-refractivity contribution is 7.52. The standard InChI is InChI=1S/C13H28NO3P/c1-3-4-8-12-16-18(2,15)17-13-11-14-9-6-5-7-10-14/h3-13H2,1-2H3/p+1/t18-/m1/s1. The van der Waals surface area contributed by atoms with Crippen LogP contribution < -0.4 is 4.90 Å². The molecular formula is C13H29NO3P+. The van der Waals surface area contributed by atoms with Gasteiger partial charge in [0.15, 0.2) is 0 Å². The molecule has 0 amide bonds. The fourth-order valence-electron chi connectivity index (χ4n) is 2.28. The molecule has 1 rings (SSSR count). The zero-order valence-corrected chi connectivity index (χ0v) is 12.8. The van der Waals surface area contributed by atoms with Gasteiger partial charge in [0.1, 0.15) is 13.2 Å². The number of piperidine rings is 1. The van der Waals surface area contributed by atoms with Crippen molar-refractivity contribution < 1.29 is 18.5 Å². The first-order valence-corrected chi connectivity index (χ1v) is 9.33. The molecule has 4 nitrogen and oxygen atoms in total. The molecular weight excluding hydrogens is 249 g/mol. The number of hydrogen-bond acceptors (Lipinski definition) is 3. The number of nitrogens with one attached hydrogen (secondary N) is 1. The maximum Gasteiger partial charge on any atom is 0.327 e. The van der Waals surface area contributed by atoms with E-state index in [0.717, 1.165) is 25.8 Å². The predicted molar refractivity (Wildman–Crippen MR) is 74.4 cm³/mol. The van der Waals surface area contributed by atoms with Gasteiger partial charge in [-0.1, -0.05) is 19.8 Å². The highest BCUT2D eigenvalue weighted by atomic mass is 31.2. The Bertz CT molecular complexity index is 255. The van der Waals surface area contributed by atoms with Crippen LogP contribution in [0.1, 0.15) is 45.4 Å². The molecule has 108 valence electrons. The number of unbranched alkanes of at least 4 members (excludes halogenated alkanes) is 2.